The van der Waals surface area contributed by atoms with Crippen molar-refractivity contribution in [3.8, 4) is 0 Å². The Bertz CT molecular complexity index is 854. The van der Waals surface area contributed by atoms with E-state index in [0.717, 1.165) is 0 Å². The molecule has 3 heterocycles. The average Bonchev–Trinajstić information content (AvgIpc) is 3.17. The fourth-order valence-electron chi connectivity index (χ4n) is 3.03. The van der Waals surface area contributed by atoms with Crippen LogP contribution in [-0.4, -0.2) is 83.7 Å². The number of nitrogens with two attached hydrogens (primary N) is 1. The Kier molecular flexibility index (Phi) is 6.30. The zero-order valence-corrected chi connectivity index (χ0v) is 15.7. The topological polar surface area (TPSA) is 169 Å². The average molecular weight is 416 g/mol. The SMILES string of the molecule is CSCC[C@H](NC[C@H]1O[C@@H](n2cnc3c(N)nc(F)nc32)[C@H](O)[C@@H]1O)C(=O)O. The van der Waals surface area contributed by atoms with Gasteiger partial charge in [0.15, 0.2) is 23.2 Å². The molecule has 1 fully saturated rings. The van der Waals surface area contributed by atoms with Gasteiger partial charge in [-0.2, -0.15) is 26.1 Å². The number of ether oxygens (including phenoxy) is 1. The predicted octanol–water partition coefficient (Wildman–Crippen LogP) is -1.04. The molecule has 1 saturated heterocycles. The quantitative estimate of drug-likeness (QED) is 0.333. The van der Waals surface area contributed by atoms with Gasteiger partial charge in [0.2, 0.25) is 0 Å². The second kappa shape index (κ2) is 8.53. The van der Waals surface area contributed by atoms with Crippen LogP contribution >= 0.6 is 11.8 Å². The van der Waals surface area contributed by atoms with E-state index in [2.05, 4.69) is 20.3 Å². The highest BCUT2D eigenvalue weighted by atomic mass is 32.2. The molecule has 0 bridgehead atoms. The number of imidazole rings is 1. The number of aliphatic hydroxyl groups excluding tert-OH is 2. The maximum absolute atomic E-state index is 13.5. The monoisotopic (exact) mass is 416 g/mol. The molecule has 0 spiro atoms. The third-order valence-corrected chi connectivity index (χ3v) is 5.15. The van der Waals surface area contributed by atoms with Gasteiger partial charge < -0.3 is 31.1 Å². The van der Waals surface area contributed by atoms with Crippen LogP contribution in [0.2, 0.25) is 0 Å². The third kappa shape index (κ3) is 4.03. The maximum atomic E-state index is 13.5. The summed E-state index contributed by atoms with van der Waals surface area (Å²) in [6, 6.07) is -0.810. The zero-order chi connectivity index (χ0) is 20.4. The number of hydrogen-bond donors (Lipinski definition) is 5. The normalized spacial score (nSPS) is 26.0. The van der Waals surface area contributed by atoms with Gasteiger partial charge in [0, 0.05) is 6.54 Å². The molecule has 6 N–H and O–H groups in total. The van der Waals surface area contributed by atoms with Gasteiger partial charge in [0.25, 0.3) is 0 Å². The molecular weight excluding hydrogens is 395 g/mol. The van der Waals surface area contributed by atoms with Crippen LogP contribution in [0.4, 0.5) is 10.2 Å². The highest BCUT2D eigenvalue weighted by Crippen LogP contribution is 2.32. The molecule has 3 rings (SSSR count). The molecule has 1 aliphatic rings. The summed E-state index contributed by atoms with van der Waals surface area (Å²) < 4.78 is 20.5. The first-order valence-corrected chi connectivity index (χ1v) is 9.85. The summed E-state index contributed by atoms with van der Waals surface area (Å²) in [6.07, 6.45) is -2.19. The molecule has 0 unspecified atom stereocenters. The van der Waals surface area contributed by atoms with Gasteiger partial charge in [0.05, 0.1) is 6.33 Å². The van der Waals surface area contributed by atoms with E-state index in [-0.39, 0.29) is 23.5 Å². The summed E-state index contributed by atoms with van der Waals surface area (Å²) in [5, 5.41) is 32.8. The zero-order valence-electron chi connectivity index (χ0n) is 14.9. The van der Waals surface area contributed by atoms with Crippen molar-refractivity contribution in [2.45, 2.75) is 37.0 Å². The van der Waals surface area contributed by atoms with E-state index in [1.807, 2.05) is 6.26 Å². The number of anilines is 1. The number of nitrogens with zero attached hydrogens (tertiary/aromatic N) is 4. The number of carboxylic acid groups (broad SMARTS) is 1. The molecule has 0 aliphatic carbocycles. The lowest BCUT2D eigenvalue weighted by molar-refractivity contribution is -0.139. The van der Waals surface area contributed by atoms with Crippen LogP contribution in [0.3, 0.4) is 0 Å². The van der Waals surface area contributed by atoms with Crippen molar-refractivity contribution in [1.82, 2.24) is 24.8 Å². The summed E-state index contributed by atoms with van der Waals surface area (Å²) in [5.41, 5.74) is 5.77. The lowest BCUT2D eigenvalue weighted by Gasteiger charge is -2.19. The second-order valence-electron chi connectivity index (χ2n) is 6.33. The second-order valence-corrected chi connectivity index (χ2v) is 7.31. The minimum Gasteiger partial charge on any atom is -0.480 e. The number of thioether (sulfide) groups is 1. The number of fused-ring (bicyclic) bond motifs is 1. The van der Waals surface area contributed by atoms with Crippen LogP contribution in [0.25, 0.3) is 11.2 Å². The summed E-state index contributed by atoms with van der Waals surface area (Å²) in [4.78, 5) is 22.3. The van der Waals surface area contributed by atoms with Gasteiger partial charge in [-0.3, -0.25) is 9.36 Å². The number of aromatic nitrogens is 4. The smallest absolute Gasteiger partial charge is 0.320 e. The highest BCUT2D eigenvalue weighted by molar-refractivity contribution is 7.98. The van der Waals surface area contributed by atoms with Crippen LogP contribution < -0.4 is 11.1 Å². The van der Waals surface area contributed by atoms with Crippen molar-refractivity contribution >= 4 is 34.7 Å². The van der Waals surface area contributed by atoms with E-state index in [9.17, 15) is 24.5 Å². The predicted molar refractivity (Wildman–Crippen MR) is 98.0 cm³/mol. The van der Waals surface area contributed by atoms with Crippen LogP contribution in [0, 0.1) is 6.08 Å². The molecule has 0 radical (unpaired) electrons. The Labute approximate surface area is 163 Å². The molecular formula is C15H21FN6O5S. The number of nitrogen functional groups attached to an aromatic ring is 1. The van der Waals surface area contributed by atoms with E-state index < -0.39 is 42.6 Å². The van der Waals surface area contributed by atoms with E-state index in [0.29, 0.717) is 12.2 Å². The molecule has 2 aromatic heterocycles. The van der Waals surface area contributed by atoms with Gasteiger partial charge >= 0.3 is 12.0 Å². The number of hydrogen-bond acceptors (Lipinski definition) is 10. The lowest BCUT2D eigenvalue weighted by atomic mass is 10.1. The third-order valence-electron chi connectivity index (χ3n) is 4.51. The molecule has 154 valence electrons. The van der Waals surface area contributed by atoms with Crippen molar-refractivity contribution in [2.75, 3.05) is 24.3 Å². The minimum atomic E-state index is -1.36. The largest absolute Gasteiger partial charge is 0.480 e. The number of nitrogens with one attached hydrogen (secondary N) is 1. The highest BCUT2D eigenvalue weighted by Gasteiger charge is 2.44. The minimum absolute atomic E-state index is 0.00180. The fourth-order valence-corrected chi connectivity index (χ4v) is 3.50. The number of halogens is 1. The van der Waals surface area contributed by atoms with Gasteiger partial charge in [0.1, 0.15) is 24.4 Å². The Morgan fingerprint density at radius 2 is 2.21 bits per heavy atom. The molecule has 0 aromatic carbocycles. The Hall–Kier alpha value is -2.06. The number of carbonyl (C=O) groups is 1. The summed E-state index contributed by atoms with van der Waals surface area (Å²) in [6.45, 7) is -0.00180. The summed E-state index contributed by atoms with van der Waals surface area (Å²) in [7, 11) is 0. The fraction of sp³-hybridized carbons (Fsp3) is 0.600. The first-order valence-electron chi connectivity index (χ1n) is 8.45. The number of carboxylic acids is 1. The van der Waals surface area contributed by atoms with E-state index >= 15 is 0 Å². The van der Waals surface area contributed by atoms with Crippen LogP contribution in [0.15, 0.2) is 6.33 Å². The van der Waals surface area contributed by atoms with Crippen molar-refractivity contribution in [2.24, 2.45) is 0 Å². The van der Waals surface area contributed by atoms with Gasteiger partial charge in [-0.15, -0.1) is 0 Å². The molecule has 11 nitrogen and oxygen atoms in total. The van der Waals surface area contributed by atoms with Crippen LogP contribution in [-0.2, 0) is 9.53 Å². The number of rotatable bonds is 8. The Morgan fingerprint density at radius 1 is 1.46 bits per heavy atom. The molecule has 1 aliphatic heterocycles. The lowest BCUT2D eigenvalue weighted by Crippen LogP contribution is -2.44. The molecule has 0 saturated carbocycles. The van der Waals surface area contributed by atoms with E-state index in [4.69, 9.17) is 10.5 Å². The molecule has 28 heavy (non-hydrogen) atoms. The van der Waals surface area contributed by atoms with Crippen LogP contribution in [0.5, 0.6) is 0 Å². The van der Waals surface area contributed by atoms with E-state index in [1.165, 1.54) is 22.7 Å². The Balaban J connectivity index is 1.75. The standard InChI is InChI=1S/C15H21FN6O5S/c1-28-3-2-6(14(25)26)18-4-7-9(23)10(24)13(27-7)22-5-19-8-11(17)20-15(16)21-12(8)22/h5-7,9-10,13,18,23-24H,2-4H2,1H3,(H,25,26)(H2,17,20,21)/t6-,7+,9+,10+,13+/m0/s1. The van der Waals surface area contributed by atoms with Gasteiger partial charge in [-0.25, -0.2) is 4.98 Å². The number of aliphatic hydroxyl groups is 2. The first-order chi connectivity index (χ1) is 13.3. The van der Waals surface area contributed by atoms with Gasteiger partial charge in [-0.1, -0.05) is 0 Å². The van der Waals surface area contributed by atoms with Crippen molar-refractivity contribution in [1.29, 1.82) is 0 Å². The summed E-state index contributed by atoms with van der Waals surface area (Å²) in [5.74, 6) is -0.524. The number of aliphatic carboxylic acids is 1. The maximum Gasteiger partial charge on any atom is 0.320 e. The molecule has 2 aromatic rings. The molecule has 5 atom stereocenters. The molecule has 13 heteroatoms. The Morgan fingerprint density at radius 3 is 2.89 bits per heavy atom. The molecule has 0 amide bonds. The van der Waals surface area contributed by atoms with Crippen molar-refractivity contribution in [3.05, 3.63) is 12.4 Å². The first kappa shape index (κ1) is 20.7. The van der Waals surface area contributed by atoms with Gasteiger partial charge in [-0.05, 0) is 18.4 Å². The summed E-state index contributed by atoms with van der Waals surface area (Å²) >= 11 is 1.52. The van der Waals surface area contributed by atoms with Crippen molar-refractivity contribution < 1.29 is 29.2 Å². The van der Waals surface area contributed by atoms with Crippen LogP contribution in [0.1, 0.15) is 12.6 Å². The van der Waals surface area contributed by atoms with E-state index in [1.54, 1.807) is 0 Å². The van der Waals surface area contributed by atoms with Crippen molar-refractivity contribution in [3.63, 3.8) is 0 Å².